The Bertz CT molecular complexity index is 883. The molecular formula is C22H19NO2. The minimum absolute atomic E-state index is 0.00563. The Labute approximate surface area is 147 Å². The van der Waals surface area contributed by atoms with E-state index < -0.39 is 0 Å². The zero-order valence-electron chi connectivity index (χ0n) is 14.0. The van der Waals surface area contributed by atoms with Crippen LogP contribution in [0, 0.1) is 0 Å². The monoisotopic (exact) mass is 329 g/mol. The van der Waals surface area contributed by atoms with Crippen LogP contribution in [0.2, 0.25) is 0 Å². The number of carbonyl (C=O) groups excluding carboxylic acids is 2. The molecule has 3 rings (SSSR count). The van der Waals surface area contributed by atoms with Gasteiger partial charge in [0.15, 0.2) is 5.78 Å². The lowest BCUT2D eigenvalue weighted by molar-refractivity contribution is 0.101. The third-order valence-corrected chi connectivity index (χ3v) is 4.05. The van der Waals surface area contributed by atoms with E-state index in [1.54, 1.807) is 24.3 Å². The summed E-state index contributed by atoms with van der Waals surface area (Å²) in [6.07, 6.45) is 0.702. The van der Waals surface area contributed by atoms with E-state index in [4.69, 9.17) is 0 Å². The van der Waals surface area contributed by atoms with Gasteiger partial charge in [-0.2, -0.15) is 0 Å². The zero-order chi connectivity index (χ0) is 17.6. The predicted molar refractivity (Wildman–Crippen MR) is 100 cm³/mol. The molecule has 0 radical (unpaired) electrons. The van der Waals surface area contributed by atoms with Gasteiger partial charge in [-0.3, -0.25) is 9.59 Å². The van der Waals surface area contributed by atoms with E-state index in [-0.39, 0.29) is 11.7 Å². The number of ketones is 1. The predicted octanol–water partition coefficient (Wildman–Crippen LogP) is 4.73. The van der Waals surface area contributed by atoms with Gasteiger partial charge in [0.05, 0.1) is 0 Å². The zero-order valence-corrected chi connectivity index (χ0v) is 14.0. The summed E-state index contributed by atoms with van der Waals surface area (Å²) in [6, 6.07) is 24.6. The summed E-state index contributed by atoms with van der Waals surface area (Å²) in [6.45, 7) is 1.52. The molecular weight excluding hydrogens is 310 g/mol. The number of carbonyl (C=O) groups is 2. The highest BCUT2D eigenvalue weighted by molar-refractivity contribution is 6.05. The minimum Gasteiger partial charge on any atom is -0.322 e. The van der Waals surface area contributed by atoms with Crippen molar-refractivity contribution in [3.8, 4) is 0 Å². The van der Waals surface area contributed by atoms with Crippen LogP contribution in [0.4, 0.5) is 5.69 Å². The highest BCUT2D eigenvalue weighted by Crippen LogP contribution is 2.17. The fraction of sp³-hybridized carbons (Fsp3) is 0.0909. The van der Waals surface area contributed by atoms with Gasteiger partial charge in [-0.25, -0.2) is 0 Å². The van der Waals surface area contributed by atoms with Crippen LogP contribution in [0.15, 0.2) is 78.9 Å². The summed E-state index contributed by atoms with van der Waals surface area (Å²) in [7, 11) is 0. The van der Waals surface area contributed by atoms with Gasteiger partial charge in [-0.15, -0.1) is 0 Å². The molecule has 3 aromatic rings. The van der Waals surface area contributed by atoms with Crippen LogP contribution in [0.3, 0.4) is 0 Å². The Morgan fingerprint density at radius 3 is 2.12 bits per heavy atom. The second kappa shape index (κ2) is 7.58. The molecule has 0 aliphatic rings. The maximum atomic E-state index is 12.7. The van der Waals surface area contributed by atoms with Crippen molar-refractivity contribution in [1.82, 2.24) is 0 Å². The molecule has 0 aromatic heterocycles. The van der Waals surface area contributed by atoms with Crippen molar-refractivity contribution in [3.05, 3.63) is 101 Å². The summed E-state index contributed by atoms with van der Waals surface area (Å²) in [4.78, 5) is 24.0. The van der Waals surface area contributed by atoms with Gasteiger partial charge in [-0.1, -0.05) is 48.5 Å². The molecule has 0 heterocycles. The molecule has 3 aromatic carbocycles. The first kappa shape index (κ1) is 16.7. The summed E-state index contributed by atoms with van der Waals surface area (Å²) in [5.41, 5.74) is 4.09. The van der Waals surface area contributed by atoms with E-state index >= 15 is 0 Å². The SMILES string of the molecule is CC(=O)c1ccc(NC(=O)c2ccccc2Cc2ccccc2)cc1. The van der Waals surface area contributed by atoms with Crippen molar-refractivity contribution < 1.29 is 9.59 Å². The molecule has 0 fully saturated rings. The molecule has 0 aliphatic heterocycles. The number of nitrogens with one attached hydrogen (secondary N) is 1. The maximum Gasteiger partial charge on any atom is 0.255 e. The van der Waals surface area contributed by atoms with E-state index in [2.05, 4.69) is 17.4 Å². The van der Waals surface area contributed by atoms with Crippen molar-refractivity contribution in [2.45, 2.75) is 13.3 Å². The summed E-state index contributed by atoms with van der Waals surface area (Å²) >= 11 is 0. The number of hydrogen-bond donors (Lipinski definition) is 1. The van der Waals surface area contributed by atoms with Gasteiger partial charge in [-0.05, 0) is 54.8 Å². The molecule has 1 amide bonds. The highest BCUT2D eigenvalue weighted by atomic mass is 16.1. The van der Waals surface area contributed by atoms with E-state index in [0.717, 1.165) is 11.1 Å². The van der Waals surface area contributed by atoms with Crippen molar-refractivity contribution >= 4 is 17.4 Å². The first-order valence-electron chi connectivity index (χ1n) is 8.17. The summed E-state index contributed by atoms with van der Waals surface area (Å²) in [5.74, 6) is -0.145. The molecule has 0 atom stereocenters. The molecule has 0 bridgehead atoms. The van der Waals surface area contributed by atoms with E-state index in [1.807, 2.05) is 42.5 Å². The third kappa shape index (κ3) is 4.21. The van der Waals surface area contributed by atoms with Crippen molar-refractivity contribution in [3.63, 3.8) is 0 Å². The number of Topliss-reactive ketones (excluding diaryl/α,β-unsaturated/α-hetero) is 1. The fourth-order valence-electron chi connectivity index (χ4n) is 2.70. The quantitative estimate of drug-likeness (QED) is 0.688. The van der Waals surface area contributed by atoms with Gasteiger partial charge in [0, 0.05) is 16.8 Å². The molecule has 124 valence electrons. The lowest BCUT2D eigenvalue weighted by Crippen LogP contribution is -2.14. The van der Waals surface area contributed by atoms with Crippen LogP contribution in [0.5, 0.6) is 0 Å². The van der Waals surface area contributed by atoms with Gasteiger partial charge in [0.1, 0.15) is 0 Å². The largest absolute Gasteiger partial charge is 0.322 e. The van der Waals surface area contributed by atoms with Crippen molar-refractivity contribution in [1.29, 1.82) is 0 Å². The Hall–Kier alpha value is -3.20. The molecule has 1 N–H and O–H groups in total. The molecule has 3 heteroatoms. The topological polar surface area (TPSA) is 46.2 Å². The molecule has 0 aliphatic carbocycles. The second-order valence-corrected chi connectivity index (χ2v) is 5.91. The molecule has 0 saturated carbocycles. The third-order valence-electron chi connectivity index (χ3n) is 4.05. The first-order chi connectivity index (χ1) is 12.1. The van der Waals surface area contributed by atoms with E-state index in [1.165, 1.54) is 6.92 Å². The fourth-order valence-corrected chi connectivity index (χ4v) is 2.70. The van der Waals surface area contributed by atoms with E-state index in [0.29, 0.717) is 23.2 Å². The smallest absolute Gasteiger partial charge is 0.255 e. The van der Waals surface area contributed by atoms with Gasteiger partial charge >= 0.3 is 0 Å². The average molecular weight is 329 g/mol. The van der Waals surface area contributed by atoms with Gasteiger partial charge < -0.3 is 5.32 Å². The Morgan fingerprint density at radius 1 is 0.800 bits per heavy atom. The van der Waals surface area contributed by atoms with Crippen LogP contribution in [0.25, 0.3) is 0 Å². The molecule has 25 heavy (non-hydrogen) atoms. The van der Waals surface area contributed by atoms with Crippen LogP contribution < -0.4 is 5.32 Å². The lowest BCUT2D eigenvalue weighted by Gasteiger charge is -2.11. The molecule has 0 unspecified atom stereocenters. The Kier molecular flexibility index (Phi) is 5.05. The van der Waals surface area contributed by atoms with Gasteiger partial charge in [0.25, 0.3) is 5.91 Å². The second-order valence-electron chi connectivity index (χ2n) is 5.91. The standard InChI is InChI=1S/C22H19NO2/c1-16(24)18-11-13-20(14-12-18)23-22(25)21-10-6-5-9-19(21)15-17-7-3-2-4-8-17/h2-14H,15H2,1H3,(H,23,25). The van der Waals surface area contributed by atoms with Crippen LogP contribution in [0.1, 0.15) is 38.8 Å². The maximum absolute atomic E-state index is 12.7. The number of benzene rings is 3. The van der Waals surface area contributed by atoms with Crippen LogP contribution in [-0.2, 0) is 6.42 Å². The Balaban J connectivity index is 1.79. The lowest BCUT2D eigenvalue weighted by atomic mass is 9.99. The van der Waals surface area contributed by atoms with E-state index in [9.17, 15) is 9.59 Å². The number of hydrogen-bond acceptors (Lipinski definition) is 2. The van der Waals surface area contributed by atoms with Crippen LogP contribution in [-0.4, -0.2) is 11.7 Å². The van der Waals surface area contributed by atoms with Crippen LogP contribution >= 0.6 is 0 Å². The molecule has 3 nitrogen and oxygen atoms in total. The first-order valence-corrected chi connectivity index (χ1v) is 8.17. The van der Waals surface area contributed by atoms with Crippen molar-refractivity contribution in [2.75, 3.05) is 5.32 Å². The summed E-state index contributed by atoms with van der Waals surface area (Å²) < 4.78 is 0. The average Bonchev–Trinajstić information content (AvgIpc) is 2.63. The number of rotatable bonds is 5. The number of amides is 1. The minimum atomic E-state index is -0.151. The highest BCUT2D eigenvalue weighted by Gasteiger charge is 2.12. The normalized spacial score (nSPS) is 10.3. The Morgan fingerprint density at radius 2 is 1.44 bits per heavy atom. The molecule has 0 saturated heterocycles. The number of anilines is 1. The molecule has 0 spiro atoms. The van der Waals surface area contributed by atoms with Gasteiger partial charge in [0.2, 0.25) is 0 Å². The summed E-state index contributed by atoms with van der Waals surface area (Å²) in [5, 5.41) is 2.90. The van der Waals surface area contributed by atoms with Crippen molar-refractivity contribution in [2.24, 2.45) is 0 Å².